The molecule has 0 fully saturated rings. The minimum atomic E-state index is -2.90. The first-order valence-electron chi connectivity index (χ1n) is 12.1. The van der Waals surface area contributed by atoms with Crippen LogP contribution in [-0.4, -0.2) is 28.2 Å². The molecular weight excluding hydrogens is 523 g/mol. The Morgan fingerprint density at radius 2 is 1.12 bits per heavy atom. The Morgan fingerprint density at radius 1 is 0.727 bits per heavy atom. The predicted octanol–water partition coefficient (Wildman–Crippen LogP) is 8.43. The number of unbranched alkanes of at least 4 members (excludes halogenated alkanes) is 3. The van der Waals surface area contributed by atoms with Gasteiger partial charge in [0.05, 0.1) is 0 Å². The Morgan fingerprint density at radius 3 is 1.48 bits per heavy atom. The number of benzene rings is 2. The molecule has 0 aliphatic heterocycles. The minimum absolute atomic E-state index is 0.0850. The van der Waals surface area contributed by atoms with E-state index in [1.807, 2.05) is 24.3 Å². The molecule has 0 saturated carbocycles. The second-order valence-electron chi connectivity index (χ2n) is 8.80. The van der Waals surface area contributed by atoms with Crippen molar-refractivity contribution in [2.24, 2.45) is 0 Å². The Bertz CT molecular complexity index is 918. The van der Waals surface area contributed by atoms with Crippen molar-refractivity contribution in [1.29, 1.82) is 0 Å². The van der Waals surface area contributed by atoms with Crippen LogP contribution >= 0.6 is 0 Å². The molecule has 178 valence electrons. The molecule has 0 saturated heterocycles. The van der Waals surface area contributed by atoms with Gasteiger partial charge in [-0.05, 0) is 0 Å². The number of nitrogens with zero attached hydrogens (tertiary/aromatic N) is 2. The van der Waals surface area contributed by atoms with Gasteiger partial charge in [0, 0.05) is 0 Å². The number of rotatable bonds is 14. The van der Waals surface area contributed by atoms with Crippen molar-refractivity contribution < 1.29 is 9.85 Å². The predicted molar refractivity (Wildman–Crippen MR) is 139 cm³/mol. The second kappa shape index (κ2) is 13.5. The van der Waals surface area contributed by atoms with Crippen molar-refractivity contribution in [3.8, 4) is 0 Å². The SMILES string of the molecule is CCC[CH2][Sn]([CH2]CCC)([CH2]CCC)/[C](=C/c1ccc([N+](=O)[O-])cc1)c1ccc([N+](=O)[O-])cc1. The van der Waals surface area contributed by atoms with Gasteiger partial charge >= 0.3 is 202 Å². The van der Waals surface area contributed by atoms with Gasteiger partial charge in [-0.1, -0.05) is 0 Å². The summed E-state index contributed by atoms with van der Waals surface area (Å²) >= 11 is -2.90. The summed E-state index contributed by atoms with van der Waals surface area (Å²) in [5, 5.41) is 22.3. The van der Waals surface area contributed by atoms with E-state index in [0.29, 0.717) is 0 Å². The molecule has 0 N–H and O–H groups in total. The van der Waals surface area contributed by atoms with Crippen molar-refractivity contribution in [1.82, 2.24) is 0 Å². The zero-order valence-electron chi connectivity index (χ0n) is 20.1. The van der Waals surface area contributed by atoms with Gasteiger partial charge in [-0.25, -0.2) is 0 Å². The molecule has 0 radical (unpaired) electrons. The van der Waals surface area contributed by atoms with Crippen LogP contribution < -0.4 is 0 Å². The molecule has 0 unspecified atom stereocenters. The van der Waals surface area contributed by atoms with Gasteiger partial charge in [0.2, 0.25) is 0 Å². The summed E-state index contributed by atoms with van der Waals surface area (Å²) < 4.78 is 5.19. The fraction of sp³-hybridized carbons (Fsp3) is 0.462. The first-order chi connectivity index (χ1) is 15.9. The molecule has 0 aromatic heterocycles. The van der Waals surface area contributed by atoms with Crippen molar-refractivity contribution in [2.75, 3.05) is 0 Å². The number of hydrogen-bond donors (Lipinski definition) is 0. The average molecular weight is 559 g/mol. The van der Waals surface area contributed by atoms with E-state index in [4.69, 9.17) is 0 Å². The van der Waals surface area contributed by atoms with E-state index in [9.17, 15) is 20.2 Å². The van der Waals surface area contributed by atoms with E-state index in [1.165, 1.54) is 36.2 Å². The molecule has 0 aliphatic carbocycles. The summed E-state index contributed by atoms with van der Waals surface area (Å²) in [7, 11) is 0. The van der Waals surface area contributed by atoms with E-state index in [-0.39, 0.29) is 21.2 Å². The van der Waals surface area contributed by atoms with Gasteiger partial charge in [-0.15, -0.1) is 0 Å². The van der Waals surface area contributed by atoms with Crippen LogP contribution in [-0.2, 0) is 0 Å². The van der Waals surface area contributed by atoms with Gasteiger partial charge in [0.15, 0.2) is 0 Å². The van der Waals surface area contributed by atoms with E-state index in [0.717, 1.165) is 30.4 Å². The van der Waals surface area contributed by atoms with E-state index >= 15 is 0 Å². The molecule has 0 amide bonds. The monoisotopic (exact) mass is 560 g/mol. The molecule has 0 aliphatic rings. The molecule has 0 heterocycles. The van der Waals surface area contributed by atoms with E-state index in [2.05, 4.69) is 26.8 Å². The van der Waals surface area contributed by atoms with Crippen LogP contribution in [0.1, 0.15) is 70.4 Å². The molecule has 0 atom stereocenters. The summed E-state index contributed by atoms with van der Waals surface area (Å²) in [4.78, 5) is 21.6. The number of non-ortho nitro benzene ring substituents is 2. The summed E-state index contributed by atoms with van der Waals surface area (Å²) in [5.74, 6) is 0. The Hall–Kier alpha value is -2.22. The van der Waals surface area contributed by atoms with Crippen LogP contribution in [0.5, 0.6) is 0 Å². The van der Waals surface area contributed by atoms with Crippen LogP contribution in [0, 0.1) is 20.2 Å². The van der Waals surface area contributed by atoms with Crippen molar-refractivity contribution in [2.45, 2.75) is 72.6 Å². The third-order valence-electron chi connectivity index (χ3n) is 6.40. The molecule has 2 aromatic carbocycles. The molecule has 6 nitrogen and oxygen atoms in total. The van der Waals surface area contributed by atoms with Crippen LogP contribution in [0.2, 0.25) is 13.3 Å². The maximum atomic E-state index is 11.2. The standard InChI is InChI=1S/C14H9N2O4.3C4H9.Sn/c17-15(18)13-7-3-11(4-8-13)1-2-12-5-9-14(10-6-12)16(19)20;3*1-3-4-2;/h1,3-10H;3*1,3-4H2,2H3;. The Kier molecular flexibility index (Phi) is 11.0. The molecule has 0 spiro atoms. The summed E-state index contributed by atoms with van der Waals surface area (Å²) in [6.45, 7) is 6.71. The fourth-order valence-electron chi connectivity index (χ4n) is 4.49. The third-order valence-corrected chi connectivity index (χ3v) is 22.1. The maximum absolute atomic E-state index is 11.2. The van der Waals surface area contributed by atoms with E-state index in [1.54, 1.807) is 24.3 Å². The van der Waals surface area contributed by atoms with Gasteiger partial charge in [-0.3, -0.25) is 0 Å². The summed E-state index contributed by atoms with van der Waals surface area (Å²) in [5.41, 5.74) is 2.23. The average Bonchev–Trinajstić information content (AvgIpc) is 2.83. The molecule has 7 heteroatoms. The number of nitro groups is 2. The first-order valence-corrected chi connectivity index (χ1v) is 19.6. The van der Waals surface area contributed by atoms with Gasteiger partial charge < -0.3 is 0 Å². The third kappa shape index (κ3) is 7.66. The quantitative estimate of drug-likeness (QED) is 0.101. The Labute approximate surface area is 201 Å². The van der Waals surface area contributed by atoms with Gasteiger partial charge in [0.1, 0.15) is 0 Å². The second-order valence-corrected chi connectivity index (χ2v) is 21.9. The van der Waals surface area contributed by atoms with E-state index < -0.39 is 18.4 Å². The first kappa shape index (κ1) is 27.0. The molecule has 33 heavy (non-hydrogen) atoms. The topological polar surface area (TPSA) is 86.3 Å². The van der Waals surface area contributed by atoms with Crippen LogP contribution in [0.25, 0.3) is 9.67 Å². The molecule has 2 aromatic rings. The van der Waals surface area contributed by atoms with Crippen LogP contribution in [0.4, 0.5) is 11.4 Å². The summed E-state index contributed by atoms with van der Waals surface area (Å²) in [6, 6.07) is 13.8. The van der Waals surface area contributed by atoms with Gasteiger partial charge in [0.25, 0.3) is 0 Å². The molecule has 0 bridgehead atoms. The van der Waals surface area contributed by atoms with Crippen molar-refractivity contribution in [3.63, 3.8) is 0 Å². The van der Waals surface area contributed by atoms with Gasteiger partial charge in [-0.2, -0.15) is 0 Å². The fourth-order valence-corrected chi connectivity index (χ4v) is 21.3. The van der Waals surface area contributed by atoms with Crippen LogP contribution in [0.3, 0.4) is 0 Å². The zero-order valence-corrected chi connectivity index (χ0v) is 22.9. The Balaban J connectivity index is 2.67. The number of hydrogen-bond acceptors (Lipinski definition) is 4. The molecular formula is C26H36N2O4Sn. The van der Waals surface area contributed by atoms with Crippen LogP contribution in [0.15, 0.2) is 48.5 Å². The summed E-state index contributed by atoms with van der Waals surface area (Å²) in [6.07, 6.45) is 9.31. The van der Waals surface area contributed by atoms with Crippen molar-refractivity contribution >= 4 is 39.4 Å². The number of nitro benzene ring substituents is 2. The zero-order chi connectivity index (χ0) is 24.3. The normalized spacial score (nSPS) is 12.0. The molecule has 2 rings (SSSR count). The van der Waals surface area contributed by atoms with Crippen molar-refractivity contribution in [3.05, 3.63) is 79.9 Å².